The molecule has 0 saturated heterocycles. The Morgan fingerprint density at radius 3 is 2.08 bits per heavy atom. The average Bonchev–Trinajstić information content (AvgIpc) is 2.56. The van der Waals surface area contributed by atoms with Gasteiger partial charge in [-0.1, -0.05) is 54.6 Å². The number of carboxylic acids is 2. The van der Waals surface area contributed by atoms with Gasteiger partial charge in [0.25, 0.3) is 0 Å². The van der Waals surface area contributed by atoms with Crippen LogP contribution in [0.25, 0.3) is 0 Å². The Balaban J connectivity index is 2.40. The van der Waals surface area contributed by atoms with E-state index >= 15 is 0 Å². The van der Waals surface area contributed by atoms with Crippen molar-refractivity contribution in [2.75, 3.05) is 0 Å². The van der Waals surface area contributed by atoms with Crippen molar-refractivity contribution in [1.29, 1.82) is 0 Å². The predicted molar refractivity (Wildman–Crippen MR) is 89.7 cm³/mol. The summed E-state index contributed by atoms with van der Waals surface area (Å²) >= 11 is 0. The Bertz CT molecular complexity index is 718. The lowest BCUT2D eigenvalue weighted by molar-refractivity contribution is -0.139. The third kappa shape index (κ3) is 4.18. The molecule has 0 saturated carbocycles. The van der Waals surface area contributed by atoms with E-state index in [0.29, 0.717) is 5.56 Å². The second kappa shape index (κ2) is 7.72. The lowest BCUT2D eigenvalue weighted by atomic mass is 9.84. The van der Waals surface area contributed by atoms with Crippen LogP contribution in [0, 0.1) is 0 Å². The molecular weight excluding hydrogens is 308 g/mol. The molecule has 2 aromatic carbocycles. The highest BCUT2D eigenvalue weighted by Gasteiger charge is 2.27. The first-order valence-electron chi connectivity index (χ1n) is 7.50. The molecule has 6 nitrogen and oxygen atoms in total. The van der Waals surface area contributed by atoms with Gasteiger partial charge in [0.05, 0.1) is 0 Å². The van der Waals surface area contributed by atoms with Crippen molar-refractivity contribution in [3.63, 3.8) is 0 Å². The summed E-state index contributed by atoms with van der Waals surface area (Å²) in [7, 11) is 0. The highest BCUT2D eigenvalue weighted by atomic mass is 16.4. The molecule has 0 aromatic heterocycles. The Morgan fingerprint density at radius 2 is 1.50 bits per heavy atom. The number of carbonyl (C=O) groups is 2. The zero-order valence-corrected chi connectivity index (χ0v) is 13.0. The van der Waals surface area contributed by atoms with Gasteiger partial charge in [-0.15, -0.1) is 0 Å². The fraction of sp³-hybridized carbons (Fsp3) is 0.222. The molecule has 2 rings (SSSR count). The molecule has 3 unspecified atom stereocenters. The first kappa shape index (κ1) is 17.7. The number of hydrogen-bond donors (Lipinski definition) is 4. The van der Waals surface area contributed by atoms with Crippen LogP contribution in [0.3, 0.4) is 0 Å². The topological polar surface area (TPSA) is 127 Å². The number of hydrogen-bond acceptors (Lipinski definition) is 4. The van der Waals surface area contributed by atoms with Crippen molar-refractivity contribution >= 4 is 11.9 Å². The Morgan fingerprint density at radius 1 is 0.875 bits per heavy atom. The molecule has 0 amide bonds. The van der Waals surface area contributed by atoms with Gasteiger partial charge < -0.3 is 21.7 Å². The zero-order chi connectivity index (χ0) is 17.7. The van der Waals surface area contributed by atoms with Crippen LogP contribution >= 0.6 is 0 Å². The molecule has 0 aliphatic rings. The minimum absolute atomic E-state index is 0.160. The van der Waals surface area contributed by atoms with Gasteiger partial charge in [-0.3, -0.25) is 9.59 Å². The highest BCUT2D eigenvalue weighted by Crippen LogP contribution is 2.28. The summed E-state index contributed by atoms with van der Waals surface area (Å²) in [5.41, 5.74) is 13.7. The van der Waals surface area contributed by atoms with Crippen LogP contribution in [0.2, 0.25) is 0 Å². The van der Waals surface area contributed by atoms with Crippen molar-refractivity contribution in [2.45, 2.75) is 24.4 Å². The van der Waals surface area contributed by atoms with Gasteiger partial charge in [0, 0.05) is 5.92 Å². The minimum atomic E-state index is -1.12. The van der Waals surface area contributed by atoms with Crippen molar-refractivity contribution in [2.24, 2.45) is 11.5 Å². The van der Waals surface area contributed by atoms with Gasteiger partial charge in [0.1, 0.15) is 12.1 Å². The number of benzene rings is 2. The summed E-state index contributed by atoms with van der Waals surface area (Å²) in [5, 5.41) is 18.3. The summed E-state index contributed by atoms with van der Waals surface area (Å²) in [6, 6.07) is 14.1. The third-order valence-electron chi connectivity index (χ3n) is 3.89. The second-order valence-corrected chi connectivity index (χ2v) is 5.65. The predicted octanol–water partition coefficient (Wildman–Crippen LogP) is 1.18. The normalized spacial score (nSPS) is 14.6. The van der Waals surface area contributed by atoms with Gasteiger partial charge in [-0.05, 0) is 23.1 Å². The molecule has 3 atom stereocenters. The monoisotopic (exact) mass is 328 g/mol. The molecule has 6 heteroatoms. The maximum absolute atomic E-state index is 11.4. The third-order valence-corrected chi connectivity index (χ3v) is 3.89. The van der Waals surface area contributed by atoms with Gasteiger partial charge >= 0.3 is 11.9 Å². The van der Waals surface area contributed by atoms with Crippen molar-refractivity contribution in [3.05, 3.63) is 71.3 Å². The molecule has 2 aromatic rings. The van der Waals surface area contributed by atoms with E-state index in [4.69, 9.17) is 16.6 Å². The van der Waals surface area contributed by atoms with Crippen LogP contribution in [0.1, 0.15) is 22.6 Å². The maximum atomic E-state index is 11.4. The maximum Gasteiger partial charge on any atom is 0.321 e. The first-order valence-corrected chi connectivity index (χ1v) is 7.50. The fourth-order valence-corrected chi connectivity index (χ4v) is 2.66. The van der Waals surface area contributed by atoms with Crippen molar-refractivity contribution in [3.8, 4) is 0 Å². The SMILES string of the molecule is NC(Cc1cccc(C(c2ccccc2)C(N)C(=O)O)c1)C(=O)O. The minimum Gasteiger partial charge on any atom is -0.480 e. The van der Waals surface area contributed by atoms with E-state index in [9.17, 15) is 14.7 Å². The molecule has 0 fully saturated rings. The quantitative estimate of drug-likeness (QED) is 0.604. The molecule has 0 aliphatic carbocycles. The van der Waals surface area contributed by atoms with Gasteiger partial charge in [-0.25, -0.2) is 0 Å². The van der Waals surface area contributed by atoms with E-state index in [1.54, 1.807) is 24.3 Å². The fourth-order valence-electron chi connectivity index (χ4n) is 2.66. The van der Waals surface area contributed by atoms with Crippen molar-refractivity contribution in [1.82, 2.24) is 0 Å². The Hall–Kier alpha value is -2.70. The molecule has 24 heavy (non-hydrogen) atoms. The van der Waals surface area contributed by atoms with Gasteiger partial charge in [0.15, 0.2) is 0 Å². The van der Waals surface area contributed by atoms with E-state index in [0.717, 1.165) is 11.1 Å². The van der Waals surface area contributed by atoms with Crippen LogP contribution in [-0.4, -0.2) is 34.2 Å². The summed E-state index contributed by atoms with van der Waals surface area (Å²) in [6.45, 7) is 0. The lowest BCUT2D eigenvalue weighted by Crippen LogP contribution is -2.37. The van der Waals surface area contributed by atoms with E-state index in [1.165, 1.54) is 0 Å². The van der Waals surface area contributed by atoms with E-state index in [1.807, 2.05) is 30.3 Å². The molecule has 0 aliphatic heterocycles. The molecule has 6 N–H and O–H groups in total. The summed E-state index contributed by atoms with van der Waals surface area (Å²) in [6.07, 6.45) is 0.160. The highest BCUT2D eigenvalue weighted by molar-refractivity contribution is 5.76. The first-order chi connectivity index (χ1) is 11.4. The van der Waals surface area contributed by atoms with Crippen LogP contribution in [-0.2, 0) is 16.0 Å². The molecule has 0 bridgehead atoms. The second-order valence-electron chi connectivity index (χ2n) is 5.65. The van der Waals surface area contributed by atoms with Crippen LogP contribution in [0.4, 0.5) is 0 Å². The van der Waals surface area contributed by atoms with Crippen LogP contribution < -0.4 is 11.5 Å². The Kier molecular flexibility index (Phi) is 5.68. The number of carboxylic acid groups (broad SMARTS) is 2. The van der Waals surface area contributed by atoms with Crippen LogP contribution in [0.5, 0.6) is 0 Å². The average molecular weight is 328 g/mol. The largest absolute Gasteiger partial charge is 0.480 e. The number of aliphatic carboxylic acids is 2. The summed E-state index contributed by atoms with van der Waals surface area (Å²) in [5.74, 6) is -2.72. The Labute approximate surface area is 139 Å². The smallest absolute Gasteiger partial charge is 0.321 e. The van der Waals surface area contributed by atoms with Crippen LogP contribution in [0.15, 0.2) is 54.6 Å². The van der Waals surface area contributed by atoms with E-state index in [2.05, 4.69) is 0 Å². The number of nitrogens with two attached hydrogens (primary N) is 2. The lowest BCUT2D eigenvalue weighted by Gasteiger charge is -2.22. The molecule has 0 radical (unpaired) electrons. The van der Waals surface area contributed by atoms with E-state index in [-0.39, 0.29) is 6.42 Å². The van der Waals surface area contributed by atoms with Gasteiger partial charge in [-0.2, -0.15) is 0 Å². The molecular formula is C18H20N2O4. The molecule has 0 spiro atoms. The molecule has 126 valence electrons. The zero-order valence-electron chi connectivity index (χ0n) is 13.0. The van der Waals surface area contributed by atoms with E-state index < -0.39 is 29.9 Å². The summed E-state index contributed by atoms with van der Waals surface area (Å²) in [4.78, 5) is 22.3. The standard InChI is InChI=1S/C18H20N2O4/c19-14(17(21)22)10-11-5-4-8-13(9-11)15(16(20)18(23)24)12-6-2-1-3-7-12/h1-9,14-16H,10,19-20H2,(H,21,22)(H,23,24). The summed E-state index contributed by atoms with van der Waals surface area (Å²) < 4.78 is 0. The van der Waals surface area contributed by atoms with Crippen molar-refractivity contribution < 1.29 is 19.8 Å². The number of rotatable bonds is 7. The molecule has 0 heterocycles. The van der Waals surface area contributed by atoms with Gasteiger partial charge in [0.2, 0.25) is 0 Å².